The lowest BCUT2D eigenvalue weighted by Crippen LogP contribution is -2.30. The van der Waals surface area contributed by atoms with E-state index < -0.39 is 0 Å². The lowest BCUT2D eigenvalue weighted by atomic mass is 10.3. The standard InChI is InChI=1S/C7H9NO3/c1-5-6(11-2)3-4-7(9)8(5)10/h3-4,9H,1-2H3. The minimum absolute atomic E-state index is 0.316. The Balaban J connectivity index is 3.25. The summed E-state index contributed by atoms with van der Waals surface area (Å²) in [5, 5.41) is 19.8. The van der Waals surface area contributed by atoms with Crippen LogP contribution in [0, 0.1) is 12.1 Å². The van der Waals surface area contributed by atoms with E-state index in [0.717, 1.165) is 0 Å². The molecular formula is C7H9NO3. The van der Waals surface area contributed by atoms with Crippen LogP contribution < -0.4 is 9.47 Å². The number of aromatic nitrogens is 1. The van der Waals surface area contributed by atoms with Gasteiger partial charge in [-0.15, -0.1) is 4.73 Å². The SMILES string of the molecule is COc1ccc(O)[n+]([O-])c1C. The molecule has 60 valence electrons. The van der Waals surface area contributed by atoms with Gasteiger partial charge in [0.2, 0.25) is 5.69 Å². The molecule has 1 heterocycles. The van der Waals surface area contributed by atoms with Crippen LogP contribution in [0.1, 0.15) is 5.69 Å². The molecule has 0 aliphatic rings. The third-order valence-corrected chi connectivity index (χ3v) is 1.47. The normalized spacial score (nSPS) is 9.64. The molecule has 0 saturated carbocycles. The number of hydrogen-bond acceptors (Lipinski definition) is 3. The summed E-state index contributed by atoms with van der Waals surface area (Å²) in [6.45, 7) is 1.57. The van der Waals surface area contributed by atoms with E-state index in [4.69, 9.17) is 9.84 Å². The van der Waals surface area contributed by atoms with Gasteiger partial charge in [0.1, 0.15) is 0 Å². The first-order valence-corrected chi connectivity index (χ1v) is 3.13. The highest BCUT2D eigenvalue weighted by Crippen LogP contribution is 2.15. The number of methoxy groups -OCH3 is 1. The second-order valence-corrected chi connectivity index (χ2v) is 2.14. The van der Waals surface area contributed by atoms with Crippen molar-refractivity contribution in [3.63, 3.8) is 0 Å². The third kappa shape index (κ3) is 1.19. The molecule has 1 rings (SSSR count). The molecule has 0 radical (unpaired) electrons. The number of hydrogen-bond donors (Lipinski definition) is 1. The molecule has 0 amide bonds. The maximum Gasteiger partial charge on any atom is 0.377 e. The summed E-state index contributed by atoms with van der Waals surface area (Å²) in [4.78, 5) is 0. The fourth-order valence-corrected chi connectivity index (χ4v) is 0.826. The quantitative estimate of drug-likeness (QED) is 0.470. The molecule has 0 aliphatic carbocycles. The van der Waals surface area contributed by atoms with Crippen LogP contribution in [0.2, 0.25) is 0 Å². The molecular weight excluding hydrogens is 146 g/mol. The van der Waals surface area contributed by atoms with Crippen LogP contribution in [0.25, 0.3) is 0 Å². The monoisotopic (exact) mass is 155 g/mol. The fourth-order valence-electron chi connectivity index (χ4n) is 0.826. The Morgan fingerprint density at radius 2 is 2.18 bits per heavy atom. The van der Waals surface area contributed by atoms with Gasteiger partial charge in [-0.1, -0.05) is 0 Å². The zero-order chi connectivity index (χ0) is 8.43. The molecule has 0 saturated heterocycles. The molecule has 0 aromatic carbocycles. The third-order valence-electron chi connectivity index (χ3n) is 1.47. The summed E-state index contributed by atoms with van der Waals surface area (Å²) in [5.41, 5.74) is 0.354. The van der Waals surface area contributed by atoms with Gasteiger partial charge in [-0.2, -0.15) is 0 Å². The van der Waals surface area contributed by atoms with Gasteiger partial charge in [-0.3, -0.25) is 0 Å². The average molecular weight is 155 g/mol. The van der Waals surface area contributed by atoms with Crippen molar-refractivity contribution in [2.75, 3.05) is 7.11 Å². The van der Waals surface area contributed by atoms with Crippen LogP contribution in [0.5, 0.6) is 11.6 Å². The zero-order valence-corrected chi connectivity index (χ0v) is 6.37. The summed E-state index contributed by atoms with van der Waals surface area (Å²) in [5.74, 6) is 0.154. The van der Waals surface area contributed by atoms with Crippen molar-refractivity contribution >= 4 is 0 Å². The summed E-state index contributed by atoms with van der Waals surface area (Å²) in [7, 11) is 1.47. The Labute approximate surface area is 64.2 Å². The smallest absolute Gasteiger partial charge is 0.377 e. The molecule has 0 fully saturated rings. The predicted octanol–water partition coefficient (Wildman–Crippen LogP) is 0.343. The predicted molar refractivity (Wildman–Crippen MR) is 38.4 cm³/mol. The first kappa shape index (κ1) is 7.65. The molecule has 0 spiro atoms. The molecule has 0 atom stereocenters. The van der Waals surface area contributed by atoms with E-state index in [1.165, 1.54) is 13.2 Å². The topological polar surface area (TPSA) is 56.4 Å². The summed E-state index contributed by atoms with van der Waals surface area (Å²) in [6.07, 6.45) is 0. The maximum absolute atomic E-state index is 10.9. The molecule has 1 aromatic rings. The van der Waals surface area contributed by atoms with Gasteiger partial charge >= 0.3 is 5.88 Å². The van der Waals surface area contributed by atoms with Crippen LogP contribution in [0.4, 0.5) is 0 Å². The highest BCUT2D eigenvalue weighted by Gasteiger charge is 2.11. The number of aromatic hydroxyl groups is 1. The van der Waals surface area contributed by atoms with Gasteiger partial charge in [-0.05, 0) is 6.07 Å². The van der Waals surface area contributed by atoms with Crippen molar-refractivity contribution in [3.05, 3.63) is 23.0 Å². The van der Waals surface area contributed by atoms with Crippen LogP contribution in [0.3, 0.4) is 0 Å². The molecule has 0 aliphatic heterocycles. The molecule has 4 heteroatoms. The number of pyridine rings is 1. The van der Waals surface area contributed by atoms with Crippen LogP contribution in [-0.2, 0) is 0 Å². The van der Waals surface area contributed by atoms with Crippen molar-refractivity contribution in [3.8, 4) is 11.6 Å². The van der Waals surface area contributed by atoms with E-state index in [1.54, 1.807) is 13.0 Å². The second kappa shape index (κ2) is 2.65. The minimum Gasteiger partial charge on any atom is -0.616 e. The van der Waals surface area contributed by atoms with E-state index in [-0.39, 0.29) is 5.88 Å². The highest BCUT2D eigenvalue weighted by molar-refractivity contribution is 5.25. The van der Waals surface area contributed by atoms with Crippen molar-refractivity contribution in [2.45, 2.75) is 6.92 Å². The van der Waals surface area contributed by atoms with Gasteiger partial charge in [0, 0.05) is 6.92 Å². The van der Waals surface area contributed by atoms with Crippen molar-refractivity contribution in [2.24, 2.45) is 0 Å². The maximum atomic E-state index is 10.9. The highest BCUT2D eigenvalue weighted by atomic mass is 16.5. The van der Waals surface area contributed by atoms with E-state index >= 15 is 0 Å². The lowest BCUT2D eigenvalue weighted by molar-refractivity contribution is -0.620. The minimum atomic E-state index is -0.316. The van der Waals surface area contributed by atoms with Crippen molar-refractivity contribution in [1.29, 1.82) is 0 Å². The van der Waals surface area contributed by atoms with Gasteiger partial charge in [0.25, 0.3) is 0 Å². The van der Waals surface area contributed by atoms with E-state index in [9.17, 15) is 5.21 Å². The average Bonchev–Trinajstić information content (AvgIpc) is 2.01. The van der Waals surface area contributed by atoms with Gasteiger partial charge < -0.3 is 15.1 Å². The molecule has 0 bridgehead atoms. The lowest BCUT2D eigenvalue weighted by Gasteiger charge is -2.05. The van der Waals surface area contributed by atoms with Crippen molar-refractivity contribution < 1.29 is 14.6 Å². The summed E-state index contributed by atoms with van der Waals surface area (Å²) >= 11 is 0. The Morgan fingerprint density at radius 1 is 1.55 bits per heavy atom. The molecule has 0 unspecified atom stereocenters. The second-order valence-electron chi connectivity index (χ2n) is 2.14. The number of nitrogens with zero attached hydrogens (tertiary/aromatic N) is 1. The van der Waals surface area contributed by atoms with Gasteiger partial charge in [-0.25, -0.2) is 0 Å². The Morgan fingerprint density at radius 3 is 2.73 bits per heavy atom. The van der Waals surface area contributed by atoms with Gasteiger partial charge in [0.05, 0.1) is 13.2 Å². The largest absolute Gasteiger partial charge is 0.616 e. The molecule has 1 N–H and O–H groups in total. The molecule has 11 heavy (non-hydrogen) atoms. The summed E-state index contributed by atoms with van der Waals surface area (Å²) < 4.78 is 5.26. The molecule has 4 nitrogen and oxygen atoms in total. The first-order chi connectivity index (χ1) is 5.16. The van der Waals surface area contributed by atoms with Gasteiger partial charge in [0.15, 0.2) is 5.75 Å². The summed E-state index contributed by atoms with van der Waals surface area (Å²) in [6, 6.07) is 2.83. The van der Waals surface area contributed by atoms with Crippen LogP contribution in [-0.4, -0.2) is 12.2 Å². The Kier molecular flexibility index (Phi) is 1.85. The van der Waals surface area contributed by atoms with Crippen molar-refractivity contribution in [1.82, 2.24) is 0 Å². The number of ether oxygens (including phenoxy) is 1. The first-order valence-electron chi connectivity index (χ1n) is 3.13. The fraction of sp³-hybridized carbons (Fsp3) is 0.286. The van der Waals surface area contributed by atoms with E-state index in [0.29, 0.717) is 16.2 Å². The number of rotatable bonds is 1. The Bertz CT molecular complexity index is 273. The van der Waals surface area contributed by atoms with Crippen LogP contribution >= 0.6 is 0 Å². The van der Waals surface area contributed by atoms with E-state index in [2.05, 4.69) is 0 Å². The van der Waals surface area contributed by atoms with Crippen LogP contribution in [0.15, 0.2) is 12.1 Å². The van der Waals surface area contributed by atoms with E-state index in [1.807, 2.05) is 0 Å². The molecule has 1 aromatic heterocycles. The Hall–Kier alpha value is -1.45. The zero-order valence-electron chi connectivity index (χ0n) is 6.37.